The SMILES string of the molecule is Cc1cc(C(=O)ON2C(=O)c3ccccc3C2=O)co1. The molecule has 0 atom stereocenters. The Morgan fingerprint density at radius 3 is 2.25 bits per heavy atom. The van der Waals surface area contributed by atoms with Crippen molar-refractivity contribution in [2.45, 2.75) is 6.92 Å². The van der Waals surface area contributed by atoms with Crippen LogP contribution in [0.1, 0.15) is 36.8 Å². The average molecular weight is 271 g/mol. The molecule has 2 amide bonds. The number of carbonyl (C=O) groups is 3. The second kappa shape index (κ2) is 4.34. The number of hydroxylamine groups is 2. The van der Waals surface area contributed by atoms with Crippen LogP contribution in [0.5, 0.6) is 0 Å². The second-order valence-electron chi connectivity index (χ2n) is 4.28. The number of imide groups is 1. The summed E-state index contributed by atoms with van der Waals surface area (Å²) < 4.78 is 4.98. The smallest absolute Gasteiger partial charge is 0.367 e. The summed E-state index contributed by atoms with van der Waals surface area (Å²) in [5.41, 5.74) is 0.571. The van der Waals surface area contributed by atoms with Crippen LogP contribution in [0.15, 0.2) is 41.0 Å². The molecule has 2 heterocycles. The number of hydrogen-bond donors (Lipinski definition) is 0. The van der Waals surface area contributed by atoms with Gasteiger partial charge < -0.3 is 9.25 Å². The van der Waals surface area contributed by atoms with Crippen LogP contribution < -0.4 is 0 Å². The van der Waals surface area contributed by atoms with E-state index >= 15 is 0 Å². The van der Waals surface area contributed by atoms with E-state index in [1.165, 1.54) is 24.5 Å². The van der Waals surface area contributed by atoms with Gasteiger partial charge in [-0.1, -0.05) is 17.2 Å². The lowest BCUT2D eigenvalue weighted by Gasteiger charge is -2.11. The molecule has 0 bridgehead atoms. The standard InChI is InChI=1S/C14H9NO5/c1-8-6-9(7-19-8)14(18)20-15-12(16)10-4-2-3-5-11(10)13(15)17/h2-7H,1H3. The first-order valence-electron chi connectivity index (χ1n) is 5.83. The van der Waals surface area contributed by atoms with Crippen molar-refractivity contribution in [2.24, 2.45) is 0 Å². The molecule has 1 aliphatic rings. The molecule has 0 aliphatic carbocycles. The molecule has 0 radical (unpaired) electrons. The predicted octanol–water partition coefficient (Wildman–Crippen LogP) is 1.96. The molecule has 6 nitrogen and oxygen atoms in total. The molecule has 3 rings (SSSR count). The normalized spacial score (nSPS) is 13.6. The van der Waals surface area contributed by atoms with Gasteiger partial charge in [0.2, 0.25) is 0 Å². The summed E-state index contributed by atoms with van der Waals surface area (Å²) in [6.07, 6.45) is 1.20. The molecule has 0 spiro atoms. The quantitative estimate of drug-likeness (QED) is 0.780. The first kappa shape index (κ1) is 12.2. The third kappa shape index (κ3) is 1.78. The molecule has 100 valence electrons. The zero-order valence-electron chi connectivity index (χ0n) is 10.5. The third-order valence-corrected chi connectivity index (χ3v) is 2.90. The van der Waals surface area contributed by atoms with Gasteiger partial charge in [0, 0.05) is 0 Å². The van der Waals surface area contributed by atoms with Crippen LogP contribution in [-0.4, -0.2) is 22.8 Å². The Morgan fingerprint density at radius 1 is 1.15 bits per heavy atom. The number of benzene rings is 1. The second-order valence-corrected chi connectivity index (χ2v) is 4.28. The van der Waals surface area contributed by atoms with E-state index < -0.39 is 17.8 Å². The Balaban J connectivity index is 1.85. The van der Waals surface area contributed by atoms with Gasteiger partial charge in [0.1, 0.15) is 17.6 Å². The molecule has 0 fully saturated rings. The molecule has 6 heteroatoms. The van der Waals surface area contributed by atoms with E-state index in [2.05, 4.69) is 0 Å². The molecular weight excluding hydrogens is 262 g/mol. The fraction of sp³-hybridized carbons (Fsp3) is 0.0714. The van der Waals surface area contributed by atoms with Crippen molar-refractivity contribution in [2.75, 3.05) is 0 Å². The predicted molar refractivity (Wildman–Crippen MR) is 65.8 cm³/mol. The molecule has 2 aromatic rings. The van der Waals surface area contributed by atoms with Crippen LogP contribution in [0, 0.1) is 6.92 Å². The Hall–Kier alpha value is -2.89. The number of furan rings is 1. The Kier molecular flexibility index (Phi) is 2.64. The number of aryl methyl sites for hydroxylation is 1. The molecular formula is C14H9NO5. The minimum absolute atomic E-state index is 0.138. The number of fused-ring (bicyclic) bond motifs is 1. The highest BCUT2D eigenvalue weighted by Crippen LogP contribution is 2.23. The van der Waals surface area contributed by atoms with Gasteiger partial charge in [0.05, 0.1) is 11.1 Å². The Morgan fingerprint density at radius 2 is 1.75 bits per heavy atom. The first-order chi connectivity index (χ1) is 9.58. The molecule has 0 saturated carbocycles. The van der Waals surface area contributed by atoms with E-state index in [0.29, 0.717) is 10.8 Å². The maximum atomic E-state index is 12.0. The van der Waals surface area contributed by atoms with Gasteiger partial charge in [-0.3, -0.25) is 9.59 Å². The molecule has 1 aromatic heterocycles. The number of hydrogen-bond acceptors (Lipinski definition) is 5. The van der Waals surface area contributed by atoms with Crippen LogP contribution in [0.25, 0.3) is 0 Å². The molecule has 20 heavy (non-hydrogen) atoms. The van der Waals surface area contributed by atoms with Crippen molar-refractivity contribution < 1.29 is 23.6 Å². The number of carbonyl (C=O) groups excluding carboxylic acids is 3. The van der Waals surface area contributed by atoms with Gasteiger partial charge in [0.15, 0.2) is 0 Å². The van der Waals surface area contributed by atoms with Crippen LogP contribution in [-0.2, 0) is 4.84 Å². The zero-order chi connectivity index (χ0) is 14.3. The van der Waals surface area contributed by atoms with Gasteiger partial charge >= 0.3 is 5.97 Å². The molecule has 0 saturated heterocycles. The van der Waals surface area contributed by atoms with Crippen LogP contribution in [0.4, 0.5) is 0 Å². The maximum Gasteiger partial charge on any atom is 0.367 e. The fourth-order valence-corrected chi connectivity index (χ4v) is 1.94. The minimum atomic E-state index is -0.823. The summed E-state index contributed by atoms with van der Waals surface area (Å²) >= 11 is 0. The largest absolute Gasteiger partial charge is 0.469 e. The van der Waals surface area contributed by atoms with Crippen LogP contribution in [0.2, 0.25) is 0 Å². The Bertz CT molecular complexity index is 696. The van der Waals surface area contributed by atoms with Gasteiger partial charge in [-0.15, -0.1) is 0 Å². The average Bonchev–Trinajstić information content (AvgIpc) is 2.98. The van der Waals surface area contributed by atoms with Crippen molar-refractivity contribution in [3.63, 3.8) is 0 Å². The van der Waals surface area contributed by atoms with Crippen molar-refractivity contribution in [1.82, 2.24) is 5.06 Å². The van der Waals surface area contributed by atoms with Crippen LogP contribution in [0.3, 0.4) is 0 Å². The van der Waals surface area contributed by atoms with Gasteiger partial charge in [-0.05, 0) is 25.1 Å². The lowest BCUT2D eigenvalue weighted by atomic mass is 10.1. The number of amides is 2. The fourth-order valence-electron chi connectivity index (χ4n) is 1.94. The highest BCUT2D eigenvalue weighted by atomic mass is 16.7. The monoisotopic (exact) mass is 271 g/mol. The summed E-state index contributed by atoms with van der Waals surface area (Å²) in [5, 5.41) is 0.468. The minimum Gasteiger partial charge on any atom is -0.469 e. The summed E-state index contributed by atoms with van der Waals surface area (Å²) in [7, 11) is 0. The number of rotatable bonds is 2. The number of nitrogens with zero attached hydrogens (tertiary/aromatic N) is 1. The maximum absolute atomic E-state index is 12.0. The van der Waals surface area contributed by atoms with E-state index in [1.807, 2.05) is 0 Å². The van der Waals surface area contributed by atoms with Crippen LogP contribution >= 0.6 is 0 Å². The highest BCUT2D eigenvalue weighted by Gasteiger charge is 2.38. The van der Waals surface area contributed by atoms with Crippen molar-refractivity contribution in [3.8, 4) is 0 Å². The molecule has 0 N–H and O–H groups in total. The van der Waals surface area contributed by atoms with Gasteiger partial charge in [0.25, 0.3) is 11.8 Å². The highest BCUT2D eigenvalue weighted by molar-refractivity contribution is 6.21. The zero-order valence-corrected chi connectivity index (χ0v) is 10.5. The molecule has 1 aromatic carbocycles. The van der Waals surface area contributed by atoms with Gasteiger partial charge in [-0.2, -0.15) is 0 Å². The van der Waals surface area contributed by atoms with E-state index in [1.54, 1.807) is 19.1 Å². The lowest BCUT2D eigenvalue weighted by molar-refractivity contribution is -0.0585. The summed E-state index contributed by atoms with van der Waals surface area (Å²) in [6, 6.07) is 7.74. The van der Waals surface area contributed by atoms with E-state index in [0.717, 1.165) is 0 Å². The van der Waals surface area contributed by atoms with E-state index in [-0.39, 0.29) is 16.7 Å². The van der Waals surface area contributed by atoms with Crippen molar-refractivity contribution in [1.29, 1.82) is 0 Å². The lowest BCUT2D eigenvalue weighted by Crippen LogP contribution is -2.32. The summed E-state index contributed by atoms with van der Waals surface area (Å²) in [5.74, 6) is -1.60. The van der Waals surface area contributed by atoms with Gasteiger partial charge in [-0.25, -0.2) is 4.79 Å². The van der Waals surface area contributed by atoms with Crippen molar-refractivity contribution in [3.05, 3.63) is 59.0 Å². The molecule has 1 aliphatic heterocycles. The summed E-state index contributed by atoms with van der Waals surface area (Å²) in [4.78, 5) is 40.6. The Labute approximate surface area is 113 Å². The van der Waals surface area contributed by atoms with E-state index in [4.69, 9.17) is 9.25 Å². The third-order valence-electron chi connectivity index (χ3n) is 2.90. The van der Waals surface area contributed by atoms with Crippen molar-refractivity contribution >= 4 is 17.8 Å². The molecule has 0 unspecified atom stereocenters. The first-order valence-corrected chi connectivity index (χ1v) is 5.83. The van der Waals surface area contributed by atoms with E-state index in [9.17, 15) is 14.4 Å². The summed E-state index contributed by atoms with van der Waals surface area (Å²) in [6.45, 7) is 1.67. The topological polar surface area (TPSA) is 76.8 Å².